The van der Waals surface area contributed by atoms with Gasteiger partial charge in [-0.1, -0.05) is 30.3 Å². The van der Waals surface area contributed by atoms with Gasteiger partial charge in [0, 0.05) is 20.0 Å². The van der Waals surface area contributed by atoms with Crippen molar-refractivity contribution in [2.45, 2.75) is 25.2 Å². The van der Waals surface area contributed by atoms with E-state index in [1.807, 2.05) is 30.3 Å². The van der Waals surface area contributed by atoms with Gasteiger partial charge in [-0.2, -0.15) is 0 Å². The zero-order valence-electron chi connectivity index (χ0n) is 18.1. The van der Waals surface area contributed by atoms with Crippen molar-refractivity contribution < 1.29 is 28.6 Å². The minimum atomic E-state index is -0.897. The van der Waals surface area contributed by atoms with Crippen LogP contribution in [0.15, 0.2) is 48.5 Å². The molecule has 0 saturated carbocycles. The Kier molecular flexibility index (Phi) is 6.95. The van der Waals surface area contributed by atoms with Crippen molar-refractivity contribution in [3.63, 3.8) is 0 Å². The lowest BCUT2D eigenvalue weighted by Crippen LogP contribution is -2.49. The Morgan fingerprint density at radius 1 is 0.968 bits per heavy atom. The van der Waals surface area contributed by atoms with Gasteiger partial charge in [0.05, 0.1) is 25.2 Å². The first-order valence-electron chi connectivity index (χ1n) is 10.1. The first-order chi connectivity index (χ1) is 14.9. The van der Waals surface area contributed by atoms with Crippen LogP contribution in [0.3, 0.4) is 0 Å². The van der Waals surface area contributed by atoms with Crippen molar-refractivity contribution in [3.8, 4) is 11.5 Å². The van der Waals surface area contributed by atoms with Crippen molar-refractivity contribution in [1.82, 2.24) is 4.90 Å². The molecule has 0 aliphatic carbocycles. The number of carbonyl (C=O) groups excluding carboxylic acids is 3. The molecule has 0 radical (unpaired) electrons. The molecule has 1 saturated heterocycles. The lowest BCUT2D eigenvalue weighted by molar-refractivity contribution is -0.153. The van der Waals surface area contributed by atoms with Gasteiger partial charge in [-0.25, -0.2) is 0 Å². The van der Waals surface area contributed by atoms with Gasteiger partial charge in [0.15, 0.2) is 6.61 Å². The molecule has 1 aliphatic rings. The van der Waals surface area contributed by atoms with E-state index in [1.165, 1.54) is 21.1 Å². The van der Waals surface area contributed by atoms with Crippen LogP contribution in [0.2, 0.25) is 0 Å². The molecule has 31 heavy (non-hydrogen) atoms. The predicted molar refractivity (Wildman–Crippen MR) is 114 cm³/mol. The second-order valence-corrected chi connectivity index (χ2v) is 7.52. The van der Waals surface area contributed by atoms with Crippen LogP contribution in [-0.4, -0.2) is 56.5 Å². The highest BCUT2D eigenvalue weighted by Gasteiger charge is 2.45. The van der Waals surface area contributed by atoms with Gasteiger partial charge in [0.1, 0.15) is 11.5 Å². The third kappa shape index (κ3) is 4.71. The van der Waals surface area contributed by atoms with Crippen LogP contribution < -0.4 is 9.47 Å². The number of ketones is 1. The summed E-state index contributed by atoms with van der Waals surface area (Å²) in [6, 6.07) is 14.3. The Balaban J connectivity index is 1.79. The third-order valence-corrected chi connectivity index (χ3v) is 5.82. The molecule has 1 aliphatic heterocycles. The van der Waals surface area contributed by atoms with E-state index in [0.29, 0.717) is 37.4 Å². The van der Waals surface area contributed by atoms with Crippen LogP contribution in [0.1, 0.15) is 35.7 Å². The summed E-state index contributed by atoms with van der Waals surface area (Å²) in [5.41, 5.74) is 0.218. The van der Waals surface area contributed by atoms with Gasteiger partial charge in [0.25, 0.3) is 0 Å². The second-order valence-electron chi connectivity index (χ2n) is 7.52. The highest BCUT2D eigenvalue weighted by molar-refractivity contribution is 6.01. The smallest absolute Gasteiger partial charge is 0.317 e. The molecule has 7 heteroatoms. The predicted octanol–water partition coefficient (Wildman–Crippen LogP) is 3.01. The third-order valence-electron chi connectivity index (χ3n) is 5.82. The summed E-state index contributed by atoms with van der Waals surface area (Å²) in [5.74, 6) is 0.0307. The Morgan fingerprint density at radius 3 is 2.23 bits per heavy atom. The second kappa shape index (κ2) is 9.64. The van der Waals surface area contributed by atoms with E-state index in [4.69, 9.17) is 14.2 Å². The average Bonchev–Trinajstić information content (AvgIpc) is 2.82. The molecular formula is C24H27NO6. The number of Topliss-reactive ketones (excluding diaryl/α,β-unsaturated/α-hetero) is 1. The minimum Gasteiger partial charge on any atom is -0.497 e. The Morgan fingerprint density at radius 2 is 1.65 bits per heavy atom. The molecule has 1 fully saturated rings. The molecule has 1 heterocycles. The zero-order valence-corrected chi connectivity index (χ0v) is 18.1. The molecule has 1 amide bonds. The van der Waals surface area contributed by atoms with Crippen LogP contribution in [-0.2, 0) is 19.7 Å². The number of benzene rings is 2. The molecule has 0 N–H and O–H groups in total. The molecule has 2 aromatic rings. The standard InChI is InChI=1S/C24H27NO6/c1-17(26)25-13-11-24(12-14-25,18-7-5-4-6-8-18)23(28)31-16-21(27)20-15-19(29-2)9-10-22(20)30-3/h4-10,15H,11-14,16H2,1-3H3. The summed E-state index contributed by atoms with van der Waals surface area (Å²) >= 11 is 0. The first kappa shape index (κ1) is 22.3. The number of hydrogen-bond donors (Lipinski definition) is 0. The molecule has 0 aromatic heterocycles. The Bertz CT molecular complexity index is 948. The van der Waals surface area contributed by atoms with Crippen LogP contribution in [0, 0.1) is 0 Å². The fourth-order valence-electron chi connectivity index (χ4n) is 3.95. The zero-order chi connectivity index (χ0) is 22.4. The van der Waals surface area contributed by atoms with Crippen LogP contribution >= 0.6 is 0 Å². The molecule has 2 aromatic carbocycles. The van der Waals surface area contributed by atoms with E-state index in [9.17, 15) is 14.4 Å². The van der Waals surface area contributed by atoms with E-state index >= 15 is 0 Å². The lowest BCUT2D eigenvalue weighted by atomic mass is 9.72. The first-order valence-corrected chi connectivity index (χ1v) is 10.1. The summed E-state index contributed by atoms with van der Waals surface area (Å²) in [5, 5.41) is 0. The van der Waals surface area contributed by atoms with Gasteiger partial charge < -0.3 is 19.1 Å². The minimum absolute atomic E-state index is 0.0182. The molecule has 0 bridgehead atoms. The molecule has 0 unspecified atom stereocenters. The van der Waals surface area contributed by atoms with E-state index in [0.717, 1.165) is 5.56 Å². The summed E-state index contributed by atoms with van der Waals surface area (Å²) < 4.78 is 16.0. The maximum Gasteiger partial charge on any atom is 0.317 e. The normalized spacial score (nSPS) is 15.1. The molecule has 0 atom stereocenters. The van der Waals surface area contributed by atoms with Crippen LogP contribution in [0.25, 0.3) is 0 Å². The maximum atomic E-state index is 13.3. The number of ether oxygens (including phenoxy) is 3. The number of methoxy groups -OCH3 is 2. The Labute approximate surface area is 181 Å². The van der Waals surface area contributed by atoms with Crippen molar-refractivity contribution in [3.05, 3.63) is 59.7 Å². The highest BCUT2D eigenvalue weighted by Crippen LogP contribution is 2.37. The fourth-order valence-corrected chi connectivity index (χ4v) is 3.95. The van der Waals surface area contributed by atoms with Gasteiger partial charge in [0.2, 0.25) is 11.7 Å². The van der Waals surface area contributed by atoms with Crippen molar-refractivity contribution >= 4 is 17.7 Å². The molecule has 3 rings (SSSR count). The number of carbonyl (C=O) groups is 3. The summed E-state index contributed by atoms with van der Waals surface area (Å²) in [6.45, 7) is 2.02. The molecule has 0 spiro atoms. The van der Waals surface area contributed by atoms with E-state index < -0.39 is 18.0 Å². The van der Waals surface area contributed by atoms with Crippen molar-refractivity contribution in [2.75, 3.05) is 33.9 Å². The van der Waals surface area contributed by atoms with E-state index in [1.54, 1.807) is 23.1 Å². The van der Waals surface area contributed by atoms with Gasteiger partial charge in [-0.3, -0.25) is 14.4 Å². The van der Waals surface area contributed by atoms with Gasteiger partial charge in [-0.05, 0) is 36.6 Å². The molecule has 164 valence electrons. The molecular weight excluding hydrogens is 398 g/mol. The maximum absolute atomic E-state index is 13.3. The number of hydrogen-bond acceptors (Lipinski definition) is 6. The number of nitrogens with zero attached hydrogens (tertiary/aromatic N) is 1. The van der Waals surface area contributed by atoms with E-state index in [-0.39, 0.29) is 17.3 Å². The topological polar surface area (TPSA) is 82.1 Å². The van der Waals surface area contributed by atoms with Crippen LogP contribution in [0.5, 0.6) is 11.5 Å². The number of rotatable bonds is 7. The quantitative estimate of drug-likeness (QED) is 0.501. The highest BCUT2D eigenvalue weighted by atomic mass is 16.5. The number of amides is 1. The summed E-state index contributed by atoms with van der Waals surface area (Å²) in [4.78, 5) is 39.5. The van der Waals surface area contributed by atoms with Crippen molar-refractivity contribution in [2.24, 2.45) is 0 Å². The van der Waals surface area contributed by atoms with Crippen molar-refractivity contribution in [1.29, 1.82) is 0 Å². The van der Waals surface area contributed by atoms with E-state index in [2.05, 4.69) is 0 Å². The number of piperidine rings is 1. The molecule has 7 nitrogen and oxygen atoms in total. The van der Waals surface area contributed by atoms with Gasteiger partial charge >= 0.3 is 5.97 Å². The fraction of sp³-hybridized carbons (Fsp3) is 0.375. The van der Waals surface area contributed by atoms with Crippen LogP contribution in [0.4, 0.5) is 0 Å². The van der Waals surface area contributed by atoms with Gasteiger partial charge in [-0.15, -0.1) is 0 Å². The summed E-state index contributed by atoms with van der Waals surface area (Å²) in [6.07, 6.45) is 0.873. The summed E-state index contributed by atoms with van der Waals surface area (Å²) in [7, 11) is 2.98. The number of esters is 1. The lowest BCUT2D eigenvalue weighted by Gasteiger charge is -2.40. The largest absolute Gasteiger partial charge is 0.497 e. The number of likely N-dealkylation sites (tertiary alicyclic amines) is 1. The monoisotopic (exact) mass is 425 g/mol. The SMILES string of the molecule is COc1ccc(OC)c(C(=O)COC(=O)C2(c3ccccc3)CCN(C(C)=O)CC2)c1. The average molecular weight is 425 g/mol. The Hall–Kier alpha value is -3.35.